The number of terminal acetylenes is 1. The van der Waals surface area contributed by atoms with Gasteiger partial charge in [-0.15, -0.1) is 12.8 Å². The summed E-state index contributed by atoms with van der Waals surface area (Å²) in [6.45, 7) is 13.3. The van der Waals surface area contributed by atoms with Crippen molar-refractivity contribution in [2.45, 2.75) is 91.2 Å². The van der Waals surface area contributed by atoms with Crippen LogP contribution in [0.2, 0.25) is 0 Å². The molecule has 2 rings (SSSR count). The first-order chi connectivity index (χ1) is 12.8. The normalized spacial score (nSPS) is 20.9. The Hall–Kier alpha value is -1.35. The summed E-state index contributed by atoms with van der Waals surface area (Å²) >= 11 is 0. The highest BCUT2D eigenvalue weighted by molar-refractivity contribution is 5.79. The van der Waals surface area contributed by atoms with E-state index in [2.05, 4.69) is 45.5 Å². The van der Waals surface area contributed by atoms with E-state index in [1.807, 2.05) is 11.8 Å². The lowest BCUT2D eigenvalue weighted by molar-refractivity contribution is -0.157. The lowest BCUT2D eigenvalue weighted by atomic mass is 9.97. The van der Waals surface area contributed by atoms with Crippen LogP contribution in [0, 0.1) is 18.8 Å². The fourth-order valence-electron chi connectivity index (χ4n) is 3.27. The van der Waals surface area contributed by atoms with Crippen LogP contribution in [-0.2, 0) is 9.53 Å². The molecule has 0 aromatic rings. The van der Waals surface area contributed by atoms with Gasteiger partial charge in [0.15, 0.2) is 0 Å². The maximum Gasteiger partial charge on any atom is 0.237 e. The molecule has 0 aromatic carbocycles. The molecule has 0 spiro atoms. The molecular weight excluding hydrogens is 340 g/mol. The van der Waals surface area contributed by atoms with Crippen LogP contribution in [0.4, 0.5) is 0 Å². The van der Waals surface area contributed by atoms with E-state index < -0.39 is 6.41 Å². The summed E-state index contributed by atoms with van der Waals surface area (Å²) in [6, 6.07) is 0.140. The molecule has 1 aliphatic carbocycles. The molecule has 0 bridgehead atoms. The number of ether oxygens (including phenoxy) is 1. The smallest absolute Gasteiger partial charge is 0.237 e. The third-order valence-electron chi connectivity index (χ3n) is 4.44. The zero-order chi connectivity index (χ0) is 20.8. The van der Waals surface area contributed by atoms with Crippen molar-refractivity contribution in [1.29, 1.82) is 0 Å². The molecule has 2 aliphatic rings. The number of hydrogen-bond donors (Lipinski definition) is 2. The molecule has 2 atom stereocenters. The molecule has 156 valence electrons. The zero-order valence-electron chi connectivity index (χ0n) is 17.7. The van der Waals surface area contributed by atoms with Gasteiger partial charge in [0.2, 0.25) is 12.3 Å². The van der Waals surface area contributed by atoms with Crippen LogP contribution >= 0.6 is 0 Å². The Morgan fingerprint density at radius 1 is 1.19 bits per heavy atom. The lowest BCUT2D eigenvalue weighted by Crippen LogP contribution is -2.49. The number of carbonyl (C=O) groups excluding carboxylic acids is 1. The van der Waals surface area contributed by atoms with E-state index in [0.717, 1.165) is 63.0 Å². The maximum atomic E-state index is 12.3. The molecule has 2 fully saturated rings. The molecular formula is C22H40N2O3. The fourth-order valence-corrected chi connectivity index (χ4v) is 3.27. The molecule has 1 aliphatic heterocycles. The highest BCUT2D eigenvalue weighted by atomic mass is 16.6. The average molecular weight is 381 g/mol. The molecule has 2 N–H and O–H groups in total. The summed E-state index contributed by atoms with van der Waals surface area (Å²) < 4.78 is 5.48. The molecule has 1 saturated carbocycles. The van der Waals surface area contributed by atoms with Crippen molar-refractivity contribution in [3.05, 3.63) is 12.2 Å². The Morgan fingerprint density at radius 3 is 2.22 bits per heavy atom. The molecule has 1 amide bonds. The van der Waals surface area contributed by atoms with Crippen LogP contribution in [0.25, 0.3) is 0 Å². The van der Waals surface area contributed by atoms with Crippen molar-refractivity contribution in [3.8, 4) is 12.8 Å². The highest BCUT2D eigenvalue weighted by Gasteiger charge is 2.27. The number of aliphatic hydroxyl groups excluding tert-OH is 1. The Kier molecular flexibility index (Phi) is 13.9. The van der Waals surface area contributed by atoms with Crippen LogP contribution in [0.3, 0.4) is 0 Å². The molecule has 0 radical (unpaired) electrons. The zero-order valence-corrected chi connectivity index (χ0v) is 17.7. The van der Waals surface area contributed by atoms with Gasteiger partial charge < -0.3 is 14.7 Å². The second-order valence-corrected chi connectivity index (χ2v) is 7.95. The minimum Gasteiger partial charge on any atom is -0.356 e. The summed E-state index contributed by atoms with van der Waals surface area (Å²) in [4.78, 5) is 14.2. The van der Waals surface area contributed by atoms with Crippen molar-refractivity contribution in [3.63, 3.8) is 0 Å². The van der Waals surface area contributed by atoms with Gasteiger partial charge in [-0.2, -0.15) is 0 Å². The van der Waals surface area contributed by atoms with Crippen molar-refractivity contribution in [2.75, 3.05) is 13.1 Å². The van der Waals surface area contributed by atoms with Crippen molar-refractivity contribution in [1.82, 2.24) is 10.2 Å². The monoisotopic (exact) mass is 380 g/mol. The number of nitrogens with zero attached hydrogens (tertiary/aromatic N) is 1. The van der Waals surface area contributed by atoms with Gasteiger partial charge in [0.05, 0.1) is 18.7 Å². The molecule has 5 heteroatoms. The van der Waals surface area contributed by atoms with Gasteiger partial charge in [-0.25, -0.2) is 0 Å². The van der Waals surface area contributed by atoms with Crippen LogP contribution in [0.5, 0.6) is 0 Å². The van der Waals surface area contributed by atoms with Gasteiger partial charge in [-0.05, 0) is 44.9 Å². The maximum absolute atomic E-state index is 12.3. The van der Waals surface area contributed by atoms with Crippen LogP contribution in [0.1, 0.15) is 72.6 Å². The third-order valence-corrected chi connectivity index (χ3v) is 4.44. The molecule has 1 unspecified atom stereocenters. The predicted molar refractivity (Wildman–Crippen MR) is 112 cm³/mol. The number of piperidine rings is 1. The van der Waals surface area contributed by atoms with E-state index in [-0.39, 0.29) is 24.6 Å². The summed E-state index contributed by atoms with van der Waals surface area (Å²) in [6.07, 6.45) is 14.5. The SMILES string of the molecule is C#C.C=C(C)[C@@H]1CCCCN1C(=O)CNC(O)OC1CCCC1.CC(C)C. The second-order valence-electron chi connectivity index (χ2n) is 7.95. The molecule has 27 heavy (non-hydrogen) atoms. The van der Waals surface area contributed by atoms with Gasteiger partial charge in [-0.3, -0.25) is 10.1 Å². The highest BCUT2D eigenvalue weighted by Crippen LogP contribution is 2.22. The summed E-state index contributed by atoms with van der Waals surface area (Å²) in [5, 5.41) is 12.6. The largest absolute Gasteiger partial charge is 0.356 e. The van der Waals surface area contributed by atoms with E-state index in [1.54, 1.807) is 0 Å². The Labute approximate surface area is 166 Å². The average Bonchev–Trinajstić information content (AvgIpc) is 3.14. The first-order valence-electron chi connectivity index (χ1n) is 10.2. The number of likely N-dealkylation sites (tertiary alicyclic amines) is 1. The van der Waals surface area contributed by atoms with E-state index in [1.165, 1.54) is 0 Å². The quantitative estimate of drug-likeness (QED) is 0.419. The fraction of sp³-hybridized carbons (Fsp3) is 0.773. The minimum atomic E-state index is -1.05. The Bertz CT molecular complexity index is 439. The van der Waals surface area contributed by atoms with Crippen LogP contribution in [-0.4, -0.2) is 47.6 Å². The van der Waals surface area contributed by atoms with Crippen molar-refractivity contribution >= 4 is 5.91 Å². The van der Waals surface area contributed by atoms with E-state index in [9.17, 15) is 9.90 Å². The van der Waals surface area contributed by atoms with Gasteiger partial charge in [0, 0.05) is 6.54 Å². The van der Waals surface area contributed by atoms with Crippen molar-refractivity contribution in [2.24, 2.45) is 5.92 Å². The first-order valence-corrected chi connectivity index (χ1v) is 10.2. The number of aliphatic hydroxyl groups is 1. The first kappa shape index (κ1) is 25.6. The third kappa shape index (κ3) is 11.2. The van der Waals surface area contributed by atoms with E-state index >= 15 is 0 Å². The lowest BCUT2D eigenvalue weighted by Gasteiger charge is -2.36. The van der Waals surface area contributed by atoms with E-state index in [4.69, 9.17) is 4.74 Å². The number of rotatable bonds is 6. The minimum absolute atomic E-state index is 0.0109. The summed E-state index contributed by atoms with van der Waals surface area (Å²) in [7, 11) is 0. The van der Waals surface area contributed by atoms with Gasteiger partial charge >= 0.3 is 0 Å². The van der Waals surface area contributed by atoms with Crippen molar-refractivity contribution < 1.29 is 14.6 Å². The summed E-state index contributed by atoms with van der Waals surface area (Å²) in [5.41, 5.74) is 1.03. The standard InChI is InChI=1S/C16H28N2O3.C4H10.C2H2/c1-12(2)14-9-5-6-10-18(14)15(19)11-17-16(20)21-13-7-3-4-8-13;1-4(2)3;1-2/h13-14,16-17,20H,1,3-11H2,2H3;4H,1-3H3;1-2H/t14-,16?;;/m0../s1. The topological polar surface area (TPSA) is 61.8 Å². The number of carbonyl (C=O) groups is 1. The van der Waals surface area contributed by atoms with Gasteiger partial charge in [0.25, 0.3) is 0 Å². The van der Waals surface area contributed by atoms with Crippen LogP contribution < -0.4 is 5.32 Å². The molecule has 0 aromatic heterocycles. The predicted octanol–water partition coefficient (Wildman–Crippen LogP) is 3.68. The second kappa shape index (κ2) is 14.7. The summed E-state index contributed by atoms with van der Waals surface area (Å²) in [5.74, 6) is 0.844. The molecule has 5 nitrogen and oxygen atoms in total. The molecule has 1 saturated heterocycles. The number of nitrogens with one attached hydrogen (secondary N) is 1. The van der Waals surface area contributed by atoms with Crippen LogP contribution in [0.15, 0.2) is 12.2 Å². The Balaban J connectivity index is 0.000000998. The number of hydrogen-bond acceptors (Lipinski definition) is 4. The Morgan fingerprint density at radius 2 is 1.70 bits per heavy atom. The molecule has 1 heterocycles. The van der Waals surface area contributed by atoms with E-state index in [0.29, 0.717) is 0 Å². The van der Waals surface area contributed by atoms with Gasteiger partial charge in [-0.1, -0.05) is 45.8 Å². The number of amides is 1. The van der Waals surface area contributed by atoms with Gasteiger partial charge in [0.1, 0.15) is 0 Å².